The summed E-state index contributed by atoms with van der Waals surface area (Å²) in [5, 5.41) is 9.69. The second-order valence-electron chi connectivity index (χ2n) is 6.36. The van der Waals surface area contributed by atoms with E-state index in [0.717, 1.165) is 18.9 Å². The molecule has 0 aromatic heterocycles. The number of rotatable bonds is 3. The average molecular weight is 227 g/mol. The molecule has 1 rings (SSSR count). The Bertz CT molecular complexity index is 197. The summed E-state index contributed by atoms with van der Waals surface area (Å²) in [6.07, 6.45) is 4.67. The van der Waals surface area contributed by atoms with Crippen LogP contribution in [0.15, 0.2) is 0 Å². The van der Waals surface area contributed by atoms with E-state index in [1.807, 2.05) is 0 Å². The molecule has 0 aliphatic carbocycles. The van der Waals surface area contributed by atoms with Crippen LogP contribution in [0.5, 0.6) is 0 Å². The fourth-order valence-corrected chi connectivity index (χ4v) is 2.63. The Kier molecular flexibility index (Phi) is 5.26. The van der Waals surface area contributed by atoms with Crippen LogP contribution in [0.1, 0.15) is 53.4 Å². The summed E-state index contributed by atoms with van der Waals surface area (Å²) in [5.41, 5.74) is 0.444. The van der Waals surface area contributed by atoms with E-state index in [9.17, 15) is 5.11 Å². The Morgan fingerprint density at radius 2 is 1.94 bits per heavy atom. The molecule has 0 bridgehead atoms. The third-order valence-electron chi connectivity index (χ3n) is 3.99. The lowest BCUT2D eigenvalue weighted by atomic mass is 9.77. The second-order valence-corrected chi connectivity index (χ2v) is 6.36. The number of hydrogen-bond acceptors (Lipinski definition) is 2. The smallest absolute Gasteiger partial charge is 0.0664 e. The molecule has 2 unspecified atom stereocenters. The lowest BCUT2D eigenvalue weighted by molar-refractivity contribution is 0.109. The minimum atomic E-state index is -0.133. The Hall–Kier alpha value is -0.0800. The summed E-state index contributed by atoms with van der Waals surface area (Å²) >= 11 is 0. The molecule has 0 aromatic carbocycles. The Morgan fingerprint density at radius 3 is 2.50 bits per heavy atom. The lowest BCUT2D eigenvalue weighted by Gasteiger charge is -2.30. The highest BCUT2D eigenvalue weighted by atomic mass is 16.3. The molecule has 0 saturated carbocycles. The summed E-state index contributed by atoms with van der Waals surface area (Å²) in [4.78, 5) is 2.44. The monoisotopic (exact) mass is 227 g/mol. The van der Waals surface area contributed by atoms with Crippen LogP contribution in [0, 0.1) is 11.3 Å². The van der Waals surface area contributed by atoms with Crippen LogP contribution in [0.25, 0.3) is 0 Å². The van der Waals surface area contributed by atoms with Crippen molar-refractivity contribution in [1.29, 1.82) is 0 Å². The fourth-order valence-electron chi connectivity index (χ4n) is 2.63. The summed E-state index contributed by atoms with van der Waals surface area (Å²) in [7, 11) is 0. The van der Waals surface area contributed by atoms with Crippen LogP contribution in [0.4, 0.5) is 0 Å². The van der Waals surface area contributed by atoms with Crippen LogP contribution < -0.4 is 0 Å². The molecule has 1 N–H and O–H groups in total. The minimum Gasteiger partial charge on any atom is -0.392 e. The van der Waals surface area contributed by atoms with Crippen LogP contribution in [-0.2, 0) is 0 Å². The number of β-amino-alcohol motifs (C(OH)–C–C–N with tert-alkyl or cyclic N) is 1. The van der Waals surface area contributed by atoms with E-state index in [2.05, 4.69) is 32.6 Å². The molecule has 96 valence electrons. The van der Waals surface area contributed by atoms with E-state index < -0.39 is 0 Å². The number of aliphatic hydroxyl groups excluding tert-OH is 1. The second kappa shape index (κ2) is 6.02. The van der Waals surface area contributed by atoms with Crippen molar-refractivity contribution in [3.05, 3.63) is 0 Å². The van der Waals surface area contributed by atoms with Gasteiger partial charge in [0, 0.05) is 6.54 Å². The molecule has 1 heterocycles. The van der Waals surface area contributed by atoms with E-state index in [1.54, 1.807) is 0 Å². The highest BCUT2D eigenvalue weighted by molar-refractivity contribution is 4.79. The van der Waals surface area contributed by atoms with Gasteiger partial charge in [0.05, 0.1) is 6.10 Å². The van der Waals surface area contributed by atoms with Crippen LogP contribution in [0.2, 0.25) is 0 Å². The Balaban J connectivity index is 2.40. The third kappa shape index (κ3) is 4.42. The van der Waals surface area contributed by atoms with Crippen molar-refractivity contribution >= 4 is 0 Å². The third-order valence-corrected chi connectivity index (χ3v) is 3.99. The van der Waals surface area contributed by atoms with Gasteiger partial charge >= 0.3 is 0 Å². The molecule has 16 heavy (non-hydrogen) atoms. The Morgan fingerprint density at radius 1 is 1.25 bits per heavy atom. The highest BCUT2D eigenvalue weighted by Gasteiger charge is 2.27. The molecule has 2 nitrogen and oxygen atoms in total. The van der Waals surface area contributed by atoms with Gasteiger partial charge in [-0.05, 0) is 50.1 Å². The van der Waals surface area contributed by atoms with Gasteiger partial charge in [0.15, 0.2) is 0 Å². The first-order chi connectivity index (χ1) is 7.43. The first-order valence-electron chi connectivity index (χ1n) is 6.84. The van der Waals surface area contributed by atoms with E-state index in [4.69, 9.17) is 0 Å². The van der Waals surface area contributed by atoms with E-state index in [-0.39, 0.29) is 6.10 Å². The van der Waals surface area contributed by atoms with Gasteiger partial charge in [-0.2, -0.15) is 0 Å². The summed E-state index contributed by atoms with van der Waals surface area (Å²) in [6.45, 7) is 12.3. The molecule has 1 aliphatic rings. The molecule has 0 aromatic rings. The van der Waals surface area contributed by atoms with Crippen molar-refractivity contribution in [3.8, 4) is 0 Å². The van der Waals surface area contributed by atoms with Crippen molar-refractivity contribution in [2.24, 2.45) is 11.3 Å². The predicted octanol–water partition coefficient (Wildman–Crippen LogP) is 2.91. The molecule has 2 heteroatoms. The van der Waals surface area contributed by atoms with Gasteiger partial charge in [0.1, 0.15) is 0 Å². The van der Waals surface area contributed by atoms with E-state index in [1.165, 1.54) is 32.4 Å². The van der Waals surface area contributed by atoms with E-state index in [0.29, 0.717) is 5.41 Å². The van der Waals surface area contributed by atoms with E-state index >= 15 is 0 Å². The van der Waals surface area contributed by atoms with Crippen molar-refractivity contribution in [1.82, 2.24) is 4.90 Å². The highest BCUT2D eigenvalue weighted by Crippen LogP contribution is 2.34. The molecular formula is C14H29NO. The summed E-state index contributed by atoms with van der Waals surface area (Å²) in [5.74, 6) is 0.844. The first kappa shape index (κ1) is 14.0. The molecule has 0 radical (unpaired) electrons. The topological polar surface area (TPSA) is 23.5 Å². The number of aliphatic hydroxyl groups is 1. The number of hydrogen-bond donors (Lipinski definition) is 1. The fraction of sp³-hybridized carbons (Fsp3) is 1.00. The largest absolute Gasteiger partial charge is 0.392 e. The normalized spacial score (nSPS) is 26.4. The summed E-state index contributed by atoms with van der Waals surface area (Å²) < 4.78 is 0. The molecular weight excluding hydrogens is 198 g/mol. The number of nitrogens with zero attached hydrogens (tertiary/aromatic N) is 1. The van der Waals surface area contributed by atoms with Crippen LogP contribution >= 0.6 is 0 Å². The minimum absolute atomic E-state index is 0.133. The number of likely N-dealkylation sites (tertiary alicyclic amines) is 1. The molecule has 1 fully saturated rings. The zero-order valence-corrected chi connectivity index (χ0v) is 11.5. The SMILES string of the molecule is CCC(O)CN1CCCC(C(C)(C)C)CC1. The maximum atomic E-state index is 9.69. The van der Waals surface area contributed by atoms with Crippen molar-refractivity contribution in [3.63, 3.8) is 0 Å². The van der Waals surface area contributed by atoms with Crippen molar-refractivity contribution < 1.29 is 5.11 Å². The molecule has 2 atom stereocenters. The van der Waals surface area contributed by atoms with Crippen molar-refractivity contribution in [2.75, 3.05) is 19.6 Å². The predicted molar refractivity (Wildman–Crippen MR) is 69.5 cm³/mol. The maximum Gasteiger partial charge on any atom is 0.0664 e. The van der Waals surface area contributed by atoms with Crippen LogP contribution in [0.3, 0.4) is 0 Å². The molecule has 0 amide bonds. The summed E-state index contributed by atoms with van der Waals surface area (Å²) in [6, 6.07) is 0. The standard InChI is InChI=1S/C14H29NO/c1-5-13(16)11-15-9-6-7-12(8-10-15)14(2,3)4/h12-13,16H,5-11H2,1-4H3. The van der Waals surface area contributed by atoms with Gasteiger partial charge in [-0.25, -0.2) is 0 Å². The van der Waals surface area contributed by atoms with Gasteiger partial charge in [-0.15, -0.1) is 0 Å². The van der Waals surface area contributed by atoms with Crippen molar-refractivity contribution in [2.45, 2.75) is 59.5 Å². The van der Waals surface area contributed by atoms with Gasteiger partial charge in [0.25, 0.3) is 0 Å². The first-order valence-corrected chi connectivity index (χ1v) is 6.84. The molecule has 1 aliphatic heterocycles. The van der Waals surface area contributed by atoms with Gasteiger partial charge in [-0.3, -0.25) is 0 Å². The Labute approximate surface area is 101 Å². The maximum absolute atomic E-state index is 9.69. The quantitative estimate of drug-likeness (QED) is 0.801. The molecule has 1 saturated heterocycles. The zero-order chi connectivity index (χ0) is 12.2. The van der Waals surface area contributed by atoms with Gasteiger partial charge in [0.2, 0.25) is 0 Å². The molecule has 0 spiro atoms. The van der Waals surface area contributed by atoms with Gasteiger partial charge < -0.3 is 10.0 Å². The lowest BCUT2D eigenvalue weighted by Crippen LogP contribution is -2.33. The zero-order valence-electron chi connectivity index (χ0n) is 11.5. The van der Waals surface area contributed by atoms with Crippen LogP contribution in [-0.4, -0.2) is 35.7 Å². The average Bonchev–Trinajstić information content (AvgIpc) is 2.42. The van der Waals surface area contributed by atoms with Gasteiger partial charge in [-0.1, -0.05) is 27.7 Å².